The number of nitrogens with zero attached hydrogens (tertiary/aromatic N) is 1. The van der Waals surface area contributed by atoms with Gasteiger partial charge in [-0.3, -0.25) is 0 Å². The van der Waals surface area contributed by atoms with E-state index in [1.807, 2.05) is 6.07 Å². The van der Waals surface area contributed by atoms with Gasteiger partial charge in [0.25, 0.3) is 0 Å². The van der Waals surface area contributed by atoms with Gasteiger partial charge in [0.2, 0.25) is 0 Å². The van der Waals surface area contributed by atoms with Gasteiger partial charge >= 0.3 is 0 Å². The van der Waals surface area contributed by atoms with Crippen LogP contribution in [0, 0.1) is 5.92 Å². The van der Waals surface area contributed by atoms with Crippen LogP contribution in [0.15, 0.2) is 18.2 Å². The van der Waals surface area contributed by atoms with Gasteiger partial charge in [0.15, 0.2) is 0 Å². The predicted molar refractivity (Wildman–Crippen MR) is 89.6 cm³/mol. The first-order valence-corrected chi connectivity index (χ1v) is 8.90. The highest BCUT2D eigenvalue weighted by Gasteiger charge is 2.35. The molecule has 0 heterocycles. The molecule has 0 aromatic heterocycles. The van der Waals surface area contributed by atoms with Crippen LogP contribution in [-0.4, -0.2) is 30.4 Å². The predicted octanol–water partition coefficient (Wildman–Crippen LogP) is 1.99. The fourth-order valence-electron chi connectivity index (χ4n) is 3.32. The van der Waals surface area contributed by atoms with Gasteiger partial charge in [-0.05, 0) is 30.4 Å². The number of hydrogen-bond acceptors (Lipinski definition) is 4. The highest BCUT2D eigenvalue weighted by Crippen LogP contribution is 2.43. The summed E-state index contributed by atoms with van der Waals surface area (Å²) in [5.74, 6) is -0.859. The summed E-state index contributed by atoms with van der Waals surface area (Å²) in [5, 5.41) is 34.3. The van der Waals surface area contributed by atoms with Gasteiger partial charge in [0, 0.05) is 24.8 Å². The van der Waals surface area contributed by atoms with E-state index in [0.717, 1.165) is 44.5 Å². The molecule has 4 nitrogen and oxygen atoms in total. The number of hydrogen-bond donors (Lipinski definition) is 1. The van der Waals surface area contributed by atoms with Crippen LogP contribution >= 0.6 is 0 Å². The summed E-state index contributed by atoms with van der Waals surface area (Å²) in [6, 6.07) is 5.45. The molecule has 1 N–H and O–H groups in total. The molecular weight excluding hydrogens is 290 g/mol. The Hall–Kier alpha value is -1.26. The summed E-state index contributed by atoms with van der Waals surface area (Å²) < 4.78 is 0. The molecule has 0 saturated heterocycles. The topological polar surface area (TPSA) is 69.6 Å². The third-order valence-electron chi connectivity index (χ3n) is 5.05. The second kappa shape index (κ2) is 8.02. The first-order chi connectivity index (χ1) is 11.0. The monoisotopic (exact) mass is 319 g/mol. The summed E-state index contributed by atoms with van der Waals surface area (Å²) >= 11 is 0. The van der Waals surface area contributed by atoms with E-state index in [0.29, 0.717) is 5.56 Å². The summed E-state index contributed by atoms with van der Waals surface area (Å²) in [6.45, 7) is 7.96. The zero-order valence-electron chi connectivity index (χ0n) is 14.5. The van der Waals surface area contributed by atoms with E-state index in [4.69, 9.17) is 0 Å². The van der Waals surface area contributed by atoms with Crippen molar-refractivity contribution in [1.29, 1.82) is 0 Å². The van der Waals surface area contributed by atoms with Crippen LogP contribution < -0.4 is 15.1 Å². The van der Waals surface area contributed by atoms with Crippen molar-refractivity contribution in [2.24, 2.45) is 5.92 Å². The van der Waals surface area contributed by atoms with Gasteiger partial charge in [0.1, 0.15) is 5.75 Å². The number of aromatic hydroxyl groups is 1. The van der Waals surface area contributed by atoms with E-state index < -0.39 is 18.1 Å². The maximum atomic E-state index is 12.0. The second-order valence-electron chi connectivity index (χ2n) is 6.75. The van der Waals surface area contributed by atoms with Crippen LogP contribution in [0.1, 0.15) is 57.9 Å². The third kappa shape index (κ3) is 3.81. The molecule has 1 aliphatic carbocycles. The van der Waals surface area contributed by atoms with Gasteiger partial charge < -0.3 is 20.2 Å². The number of phenols is 1. The van der Waals surface area contributed by atoms with Crippen LogP contribution in [-0.2, 0) is 0 Å². The molecule has 1 aliphatic rings. The lowest BCUT2D eigenvalue weighted by atomic mass is 9.66. The second-order valence-corrected chi connectivity index (χ2v) is 6.75. The molecule has 1 aromatic carbocycles. The van der Waals surface area contributed by atoms with Crippen molar-refractivity contribution in [3.05, 3.63) is 23.8 Å². The van der Waals surface area contributed by atoms with Crippen molar-refractivity contribution in [2.75, 3.05) is 18.0 Å². The van der Waals surface area contributed by atoms with Crippen LogP contribution in [0.3, 0.4) is 0 Å². The Morgan fingerprint density at radius 3 is 2.09 bits per heavy atom. The van der Waals surface area contributed by atoms with E-state index >= 15 is 0 Å². The normalized spacial score (nSPS) is 26.8. The van der Waals surface area contributed by atoms with Crippen LogP contribution in [0.25, 0.3) is 0 Å². The average Bonchev–Trinajstić information content (AvgIpc) is 2.56. The van der Waals surface area contributed by atoms with Crippen LogP contribution in [0.2, 0.25) is 0 Å². The van der Waals surface area contributed by atoms with Gasteiger partial charge in [-0.25, -0.2) is 0 Å². The van der Waals surface area contributed by atoms with E-state index in [-0.39, 0.29) is 11.7 Å². The average molecular weight is 319 g/mol. The number of unbranched alkanes of at least 4 members (excludes halogenated alkanes) is 2. The maximum absolute atomic E-state index is 12.0. The lowest BCUT2D eigenvalue weighted by Gasteiger charge is -2.60. The minimum absolute atomic E-state index is 0.0964. The van der Waals surface area contributed by atoms with Gasteiger partial charge in [-0.15, -0.1) is 12.2 Å². The number of rotatable bonds is 8. The minimum atomic E-state index is -0.898. The Kier molecular flexibility index (Phi) is 6.31. The van der Waals surface area contributed by atoms with Crippen molar-refractivity contribution < 1.29 is 15.3 Å². The standard InChI is InChI=1S/C19H29NO3/c1-4-6-10-20(11-7-5-2)14-8-9-15(16(21)12-14)17-18(22)13(3)19(17)23/h8-9,12-13,17-19,21H,4-7,10-11H2,1-3H3/q-2. The molecule has 0 spiro atoms. The summed E-state index contributed by atoms with van der Waals surface area (Å²) in [4.78, 5) is 2.28. The Morgan fingerprint density at radius 2 is 1.61 bits per heavy atom. The smallest absolute Gasteiger partial charge is 0.121 e. The van der Waals surface area contributed by atoms with Crippen molar-refractivity contribution in [3.63, 3.8) is 0 Å². The van der Waals surface area contributed by atoms with Crippen LogP contribution in [0.4, 0.5) is 5.69 Å². The molecule has 0 aliphatic heterocycles. The maximum Gasteiger partial charge on any atom is 0.121 e. The lowest BCUT2D eigenvalue weighted by Crippen LogP contribution is -2.64. The molecule has 0 bridgehead atoms. The first kappa shape index (κ1) is 18.1. The zero-order chi connectivity index (χ0) is 17.0. The van der Waals surface area contributed by atoms with Gasteiger partial charge in [0.05, 0.1) is 0 Å². The highest BCUT2D eigenvalue weighted by atomic mass is 16.3. The molecule has 2 unspecified atom stereocenters. The molecule has 1 aromatic rings. The molecule has 0 radical (unpaired) electrons. The zero-order valence-corrected chi connectivity index (χ0v) is 14.5. The molecule has 23 heavy (non-hydrogen) atoms. The number of benzene rings is 1. The van der Waals surface area contributed by atoms with E-state index in [1.54, 1.807) is 19.1 Å². The molecule has 0 amide bonds. The Morgan fingerprint density at radius 1 is 1.04 bits per heavy atom. The molecule has 1 fully saturated rings. The largest absolute Gasteiger partial charge is 0.851 e. The van der Waals surface area contributed by atoms with Crippen molar-refractivity contribution in [3.8, 4) is 5.75 Å². The van der Waals surface area contributed by atoms with Crippen molar-refractivity contribution >= 4 is 5.69 Å². The van der Waals surface area contributed by atoms with E-state index in [9.17, 15) is 15.3 Å². The Labute approximate surface area is 139 Å². The van der Waals surface area contributed by atoms with Crippen molar-refractivity contribution in [2.45, 2.75) is 64.6 Å². The molecule has 2 rings (SSSR count). The summed E-state index contributed by atoms with van der Waals surface area (Å²) in [6.07, 6.45) is 2.68. The third-order valence-corrected chi connectivity index (χ3v) is 5.05. The van der Waals surface area contributed by atoms with E-state index in [1.165, 1.54) is 0 Å². The number of phenolic OH excluding ortho intramolecular Hbond substituents is 1. The fourth-order valence-corrected chi connectivity index (χ4v) is 3.32. The lowest BCUT2D eigenvalue weighted by molar-refractivity contribution is -0.547. The molecular formula is C19H29NO3-2. The molecule has 4 heteroatoms. The van der Waals surface area contributed by atoms with Gasteiger partial charge in [-0.1, -0.05) is 45.6 Å². The quantitative estimate of drug-likeness (QED) is 0.795. The fraction of sp³-hybridized carbons (Fsp3) is 0.684. The first-order valence-electron chi connectivity index (χ1n) is 8.90. The Balaban J connectivity index is 2.16. The number of anilines is 1. The van der Waals surface area contributed by atoms with Crippen LogP contribution in [0.5, 0.6) is 5.75 Å². The Bertz CT molecular complexity index is 487. The highest BCUT2D eigenvalue weighted by molar-refractivity contribution is 5.55. The molecule has 1 saturated carbocycles. The summed E-state index contributed by atoms with van der Waals surface area (Å²) in [5.41, 5.74) is 1.50. The van der Waals surface area contributed by atoms with E-state index in [2.05, 4.69) is 18.7 Å². The van der Waals surface area contributed by atoms with Crippen molar-refractivity contribution in [1.82, 2.24) is 0 Å². The minimum Gasteiger partial charge on any atom is -0.851 e. The summed E-state index contributed by atoms with van der Waals surface area (Å²) in [7, 11) is 0. The SMILES string of the molecule is CCCCN(CCCC)c1ccc(C2C([O-])C(C)C2[O-])c(O)c1. The molecule has 130 valence electrons. The van der Waals surface area contributed by atoms with Gasteiger partial charge in [-0.2, -0.15) is 0 Å². The molecule has 2 atom stereocenters.